The molecule has 0 fully saturated rings. The summed E-state index contributed by atoms with van der Waals surface area (Å²) in [4.78, 5) is 11.6. The molecule has 1 unspecified atom stereocenters. The van der Waals surface area contributed by atoms with E-state index in [1.165, 1.54) is 7.11 Å². The summed E-state index contributed by atoms with van der Waals surface area (Å²) in [6.07, 6.45) is 0.709. The van der Waals surface area contributed by atoms with Gasteiger partial charge in [0.05, 0.1) is 13.7 Å². The summed E-state index contributed by atoms with van der Waals surface area (Å²) in [5, 5.41) is 12.0. The van der Waals surface area contributed by atoms with Crippen LogP contribution in [0, 0.1) is 5.92 Å². The van der Waals surface area contributed by atoms with Crippen molar-refractivity contribution in [3.05, 3.63) is 23.7 Å². The summed E-state index contributed by atoms with van der Waals surface area (Å²) >= 11 is 0. The number of hydrogen-bond acceptors (Lipinski definition) is 5. The van der Waals surface area contributed by atoms with Crippen LogP contribution in [0.1, 0.15) is 31.8 Å². The molecule has 5 nitrogen and oxygen atoms in total. The Morgan fingerprint density at radius 3 is 2.61 bits per heavy atom. The molecule has 0 saturated carbocycles. The predicted octanol–water partition coefficient (Wildman–Crippen LogP) is 1.45. The van der Waals surface area contributed by atoms with Gasteiger partial charge in [0.15, 0.2) is 0 Å². The lowest BCUT2D eigenvalue weighted by molar-refractivity contribution is -0.143. The van der Waals surface area contributed by atoms with Gasteiger partial charge >= 0.3 is 5.97 Å². The molecule has 18 heavy (non-hydrogen) atoms. The van der Waals surface area contributed by atoms with Crippen LogP contribution in [0.3, 0.4) is 0 Å². The highest BCUT2D eigenvalue weighted by Crippen LogP contribution is 2.10. The van der Waals surface area contributed by atoms with Crippen molar-refractivity contribution in [3.8, 4) is 0 Å². The number of furan rings is 1. The first-order valence-corrected chi connectivity index (χ1v) is 6.06. The Hall–Kier alpha value is -1.33. The van der Waals surface area contributed by atoms with Gasteiger partial charge in [-0.15, -0.1) is 0 Å². The van der Waals surface area contributed by atoms with E-state index < -0.39 is 0 Å². The Bertz CT molecular complexity index is 373. The van der Waals surface area contributed by atoms with E-state index in [0.717, 1.165) is 0 Å². The van der Waals surface area contributed by atoms with Crippen LogP contribution in [0.15, 0.2) is 16.5 Å². The Balaban J connectivity index is 2.52. The number of carbonyl (C=O) groups is 1. The molecule has 0 radical (unpaired) electrons. The molecule has 0 saturated heterocycles. The fourth-order valence-electron chi connectivity index (χ4n) is 1.70. The lowest BCUT2D eigenvalue weighted by Crippen LogP contribution is -2.38. The first kappa shape index (κ1) is 14.7. The standard InChI is InChI=1S/C13H21NO4/c1-9(2)6-12(13(16)17-3)14-7-10-4-5-11(8-15)18-10/h4-5,9,12,14-15H,6-8H2,1-3H3. The van der Waals surface area contributed by atoms with E-state index in [-0.39, 0.29) is 18.6 Å². The lowest BCUT2D eigenvalue weighted by Gasteiger charge is -2.17. The highest BCUT2D eigenvalue weighted by Gasteiger charge is 2.20. The second-order valence-corrected chi connectivity index (χ2v) is 4.61. The molecule has 2 N–H and O–H groups in total. The van der Waals surface area contributed by atoms with Gasteiger partial charge in [0, 0.05) is 0 Å². The molecule has 0 aromatic carbocycles. The molecular formula is C13H21NO4. The zero-order valence-corrected chi connectivity index (χ0v) is 11.1. The van der Waals surface area contributed by atoms with E-state index in [9.17, 15) is 4.79 Å². The molecule has 1 aromatic rings. The molecule has 5 heteroatoms. The van der Waals surface area contributed by atoms with Crippen LogP contribution < -0.4 is 5.32 Å². The van der Waals surface area contributed by atoms with Crippen molar-refractivity contribution in [2.24, 2.45) is 5.92 Å². The first-order chi connectivity index (χ1) is 8.56. The van der Waals surface area contributed by atoms with Gasteiger partial charge in [-0.05, 0) is 24.5 Å². The Labute approximate surface area is 107 Å². The number of esters is 1. The van der Waals surface area contributed by atoms with Gasteiger partial charge < -0.3 is 14.3 Å². The normalized spacial score (nSPS) is 12.7. The number of carbonyl (C=O) groups excluding carboxylic acids is 1. The second kappa shape index (κ2) is 7.18. The van der Waals surface area contributed by atoms with Gasteiger partial charge in [0.25, 0.3) is 0 Å². The second-order valence-electron chi connectivity index (χ2n) is 4.61. The molecule has 1 aromatic heterocycles. The average molecular weight is 255 g/mol. The maximum atomic E-state index is 11.6. The van der Waals surface area contributed by atoms with Crippen molar-refractivity contribution in [3.63, 3.8) is 0 Å². The van der Waals surface area contributed by atoms with Crippen molar-refractivity contribution in [1.82, 2.24) is 5.32 Å². The van der Waals surface area contributed by atoms with Crippen molar-refractivity contribution in [2.75, 3.05) is 7.11 Å². The summed E-state index contributed by atoms with van der Waals surface area (Å²) in [5.41, 5.74) is 0. The highest BCUT2D eigenvalue weighted by molar-refractivity contribution is 5.75. The quantitative estimate of drug-likeness (QED) is 0.721. The van der Waals surface area contributed by atoms with Gasteiger partial charge in [0.2, 0.25) is 0 Å². The van der Waals surface area contributed by atoms with Crippen LogP contribution in [0.2, 0.25) is 0 Å². The predicted molar refractivity (Wildman–Crippen MR) is 66.7 cm³/mol. The number of hydrogen-bond donors (Lipinski definition) is 2. The maximum Gasteiger partial charge on any atom is 0.322 e. The molecule has 0 aliphatic carbocycles. The molecule has 0 bridgehead atoms. The van der Waals surface area contributed by atoms with E-state index in [1.807, 2.05) is 13.8 Å². The van der Waals surface area contributed by atoms with Crippen LogP contribution in [0.4, 0.5) is 0 Å². The number of rotatable bonds is 7. The molecule has 0 spiro atoms. The Morgan fingerprint density at radius 1 is 1.44 bits per heavy atom. The van der Waals surface area contributed by atoms with E-state index in [0.29, 0.717) is 30.4 Å². The molecule has 102 valence electrons. The minimum Gasteiger partial charge on any atom is -0.468 e. The molecule has 1 heterocycles. The molecule has 1 atom stereocenters. The van der Waals surface area contributed by atoms with Crippen molar-refractivity contribution >= 4 is 5.97 Å². The summed E-state index contributed by atoms with van der Waals surface area (Å²) < 4.78 is 10.1. The fraction of sp³-hybridized carbons (Fsp3) is 0.615. The zero-order valence-electron chi connectivity index (χ0n) is 11.1. The third-order valence-corrected chi connectivity index (χ3v) is 2.59. The lowest BCUT2D eigenvalue weighted by atomic mass is 10.0. The fourth-order valence-corrected chi connectivity index (χ4v) is 1.70. The van der Waals surface area contributed by atoms with Crippen LogP contribution >= 0.6 is 0 Å². The molecule has 0 aliphatic rings. The smallest absolute Gasteiger partial charge is 0.322 e. The van der Waals surface area contributed by atoms with Crippen LogP contribution in [0.25, 0.3) is 0 Å². The number of methoxy groups -OCH3 is 1. The molecule has 1 rings (SSSR count). The maximum absolute atomic E-state index is 11.6. The van der Waals surface area contributed by atoms with Crippen molar-refractivity contribution in [1.29, 1.82) is 0 Å². The summed E-state index contributed by atoms with van der Waals surface area (Å²) in [6.45, 7) is 4.42. The Kier molecular flexibility index (Phi) is 5.88. The summed E-state index contributed by atoms with van der Waals surface area (Å²) in [5.74, 6) is 1.34. The minimum atomic E-state index is -0.335. The average Bonchev–Trinajstić information content (AvgIpc) is 2.81. The van der Waals surface area contributed by atoms with Gasteiger partial charge in [-0.25, -0.2) is 0 Å². The monoisotopic (exact) mass is 255 g/mol. The third kappa shape index (κ3) is 4.50. The number of aliphatic hydroxyl groups is 1. The number of aliphatic hydroxyl groups excluding tert-OH is 1. The summed E-state index contributed by atoms with van der Waals surface area (Å²) in [6, 6.07) is 3.16. The van der Waals surface area contributed by atoms with E-state index in [1.54, 1.807) is 12.1 Å². The zero-order chi connectivity index (χ0) is 13.5. The topological polar surface area (TPSA) is 71.7 Å². The minimum absolute atomic E-state index is 0.119. The number of ether oxygens (including phenoxy) is 1. The summed E-state index contributed by atoms with van der Waals surface area (Å²) in [7, 11) is 1.38. The SMILES string of the molecule is COC(=O)C(CC(C)C)NCc1ccc(CO)o1. The molecular weight excluding hydrogens is 234 g/mol. The molecule has 0 aliphatic heterocycles. The molecule has 0 amide bonds. The van der Waals surface area contributed by atoms with E-state index in [4.69, 9.17) is 14.3 Å². The van der Waals surface area contributed by atoms with Gasteiger partial charge in [-0.3, -0.25) is 10.1 Å². The largest absolute Gasteiger partial charge is 0.468 e. The number of nitrogens with one attached hydrogen (secondary N) is 1. The van der Waals surface area contributed by atoms with Crippen LogP contribution in [-0.2, 0) is 22.7 Å². The van der Waals surface area contributed by atoms with Gasteiger partial charge in [0.1, 0.15) is 24.2 Å². The van der Waals surface area contributed by atoms with Crippen LogP contribution in [-0.4, -0.2) is 24.2 Å². The third-order valence-electron chi connectivity index (χ3n) is 2.59. The van der Waals surface area contributed by atoms with E-state index in [2.05, 4.69) is 5.32 Å². The van der Waals surface area contributed by atoms with Gasteiger partial charge in [-0.2, -0.15) is 0 Å². The first-order valence-electron chi connectivity index (χ1n) is 6.06. The van der Waals surface area contributed by atoms with Crippen molar-refractivity contribution in [2.45, 2.75) is 39.5 Å². The van der Waals surface area contributed by atoms with Gasteiger partial charge in [-0.1, -0.05) is 13.8 Å². The highest BCUT2D eigenvalue weighted by atomic mass is 16.5. The van der Waals surface area contributed by atoms with E-state index >= 15 is 0 Å². The van der Waals surface area contributed by atoms with Crippen LogP contribution in [0.5, 0.6) is 0 Å². The Morgan fingerprint density at radius 2 is 2.11 bits per heavy atom. The van der Waals surface area contributed by atoms with Crippen molar-refractivity contribution < 1.29 is 19.1 Å².